The third-order valence-corrected chi connectivity index (χ3v) is 2.72. The molecule has 0 unspecified atom stereocenters. The highest BCUT2D eigenvalue weighted by Crippen LogP contribution is 2.35. The molecule has 2 N–H and O–H groups in total. The SMILES string of the molecule is COc1ccc(-c2cc(C(F)(F)F)nc(N)n2)c(OC)c1. The lowest BCUT2D eigenvalue weighted by atomic mass is 10.1. The van der Waals surface area contributed by atoms with E-state index < -0.39 is 17.8 Å². The number of hydrogen-bond donors (Lipinski definition) is 1. The molecule has 8 heteroatoms. The summed E-state index contributed by atoms with van der Waals surface area (Å²) in [5.41, 5.74) is 4.63. The molecule has 0 amide bonds. The maximum absolute atomic E-state index is 12.8. The predicted molar refractivity (Wildman–Crippen MR) is 70.0 cm³/mol. The van der Waals surface area contributed by atoms with Gasteiger partial charge < -0.3 is 15.2 Å². The van der Waals surface area contributed by atoms with Gasteiger partial charge in [-0.15, -0.1) is 0 Å². The summed E-state index contributed by atoms with van der Waals surface area (Å²) in [4.78, 5) is 7.02. The van der Waals surface area contributed by atoms with Crippen LogP contribution in [0.3, 0.4) is 0 Å². The Balaban J connectivity index is 2.59. The summed E-state index contributed by atoms with van der Waals surface area (Å²) in [5, 5.41) is 0. The van der Waals surface area contributed by atoms with Gasteiger partial charge in [0, 0.05) is 11.6 Å². The number of benzene rings is 1. The molecule has 0 aliphatic carbocycles. The number of nitrogen functional groups attached to an aromatic ring is 1. The molecule has 5 nitrogen and oxygen atoms in total. The standard InChI is InChI=1S/C13H12F3N3O2/c1-20-7-3-4-8(10(5-7)21-2)9-6-11(13(14,15)16)19-12(17)18-9/h3-6H,1-2H3,(H2,17,18,19). The fourth-order valence-electron chi connectivity index (χ4n) is 1.76. The van der Waals surface area contributed by atoms with Crippen LogP contribution >= 0.6 is 0 Å². The first-order valence-electron chi connectivity index (χ1n) is 5.79. The van der Waals surface area contributed by atoms with Crippen LogP contribution in [-0.4, -0.2) is 24.2 Å². The minimum atomic E-state index is -4.61. The van der Waals surface area contributed by atoms with E-state index in [1.807, 2.05) is 0 Å². The van der Waals surface area contributed by atoms with E-state index >= 15 is 0 Å². The number of ether oxygens (including phenoxy) is 2. The van der Waals surface area contributed by atoms with Gasteiger partial charge in [-0.05, 0) is 18.2 Å². The summed E-state index contributed by atoms with van der Waals surface area (Å²) >= 11 is 0. The summed E-state index contributed by atoms with van der Waals surface area (Å²) in [5.74, 6) is 0.368. The first-order chi connectivity index (χ1) is 9.85. The predicted octanol–water partition coefficient (Wildman–Crippen LogP) is 2.76. The van der Waals surface area contributed by atoms with Crippen LogP contribution < -0.4 is 15.2 Å². The summed E-state index contributed by atoms with van der Waals surface area (Å²) < 4.78 is 48.5. The highest BCUT2D eigenvalue weighted by Gasteiger charge is 2.33. The Morgan fingerprint density at radius 3 is 2.33 bits per heavy atom. The van der Waals surface area contributed by atoms with Gasteiger partial charge in [0.2, 0.25) is 5.95 Å². The van der Waals surface area contributed by atoms with E-state index in [-0.39, 0.29) is 5.69 Å². The number of halogens is 3. The molecular weight excluding hydrogens is 287 g/mol. The van der Waals surface area contributed by atoms with Crippen LogP contribution in [0, 0.1) is 0 Å². The third kappa shape index (κ3) is 3.15. The quantitative estimate of drug-likeness (QED) is 0.943. The average molecular weight is 299 g/mol. The zero-order valence-corrected chi connectivity index (χ0v) is 11.2. The van der Waals surface area contributed by atoms with Crippen LogP contribution in [0.1, 0.15) is 5.69 Å². The van der Waals surface area contributed by atoms with Gasteiger partial charge >= 0.3 is 6.18 Å². The Hall–Kier alpha value is -2.51. The van der Waals surface area contributed by atoms with E-state index in [4.69, 9.17) is 15.2 Å². The van der Waals surface area contributed by atoms with Gasteiger partial charge in [0.1, 0.15) is 11.5 Å². The number of aromatic nitrogens is 2. The van der Waals surface area contributed by atoms with E-state index in [0.29, 0.717) is 17.1 Å². The van der Waals surface area contributed by atoms with Crippen LogP contribution in [0.2, 0.25) is 0 Å². The largest absolute Gasteiger partial charge is 0.497 e. The van der Waals surface area contributed by atoms with Crippen LogP contribution in [-0.2, 0) is 6.18 Å². The number of nitrogens with zero attached hydrogens (tertiary/aromatic N) is 2. The smallest absolute Gasteiger partial charge is 0.433 e. The number of anilines is 1. The van der Waals surface area contributed by atoms with Crippen molar-refractivity contribution in [2.75, 3.05) is 20.0 Å². The number of alkyl halides is 3. The number of rotatable bonds is 3. The van der Waals surface area contributed by atoms with Crippen molar-refractivity contribution in [1.29, 1.82) is 0 Å². The van der Waals surface area contributed by atoms with Gasteiger partial charge in [-0.2, -0.15) is 13.2 Å². The maximum atomic E-state index is 12.8. The van der Waals surface area contributed by atoms with Gasteiger partial charge in [-0.3, -0.25) is 0 Å². The molecule has 0 aliphatic heterocycles. The van der Waals surface area contributed by atoms with Gasteiger partial charge in [-0.25, -0.2) is 9.97 Å². The summed E-state index contributed by atoms with van der Waals surface area (Å²) in [6, 6.07) is 5.49. The van der Waals surface area contributed by atoms with E-state index in [1.54, 1.807) is 18.2 Å². The first-order valence-corrected chi connectivity index (χ1v) is 5.79. The highest BCUT2D eigenvalue weighted by molar-refractivity contribution is 5.69. The average Bonchev–Trinajstić information content (AvgIpc) is 2.45. The lowest BCUT2D eigenvalue weighted by molar-refractivity contribution is -0.141. The summed E-state index contributed by atoms with van der Waals surface area (Å²) in [7, 11) is 2.87. The third-order valence-electron chi connectivity index (χ3n) is 2.72. The molecule has 0 fully saturated rings. The summed E-state index contributed by atoms with van der Waals surface area (Å²) in [6.45, 7) is 0. The monoisotopic (exact) mass is 299 g/mol. The molecule has 0 bridgehead atoms. The lowest BCUT2D eigenvalue weighted by Crippen LogP contribution is -2.11. The Bertz CT molecular complexity index is 660. The maximum Gasteiger partial charge on any atom is 0.433 e. The molecule has 0 saturated carbocycles. The second-order valence-electron chi connectivity index (χ2n) is 4.06. The van der Waals surface area contributed by atoms with Crippen molar-refractivity contribution < 1.29 is 22.6 Å². The molecule has 0 atom stereocenters. The molecule has 1 aromatic heterocycles. The van der Waals surface area contributed by atoms with Crippen molar-refractivity contribution in [3.05, 3.63) is 30.0 Å². The Labute approximate surface area is 118 Å². The fourth-order valence-corrected chi connectivity index (χ4v) is 1.76. The van der Waals surface area contributed by atoms with Crippen LogP contribution in [0.15, 0.2) is 24.3 Å². The fraction of sp³-hybridized carbons (Fsp3) is 0.231. The minimum Gasteiger partial charge on any atom is -0.497 e. The normalized spacial score (nSPS) is 11.3. The molecule has 112 valence electrons. The molecule has 0 spiro atoms. The minimum absolute atomic E-state index is 0.0225. The summed E-state index contributed by atoms with van der Waals surface area (Å²) in [6.07, 6.45) is -4.61. The van der Waals surface area contributed by atoms with Crippen molar-refractivity contribution in [1.82, 2.24) is 9.97 Å². The van der Waals surface area contributed by atoms with Gasteiger partial charge in [0.15, 0.2) is 5.69 Å². The second kappa shape index (κ2) is 5.47. The molecule has 1 heterocycles. The molecule has 2 aromatic rings. The molecule has 1 aromatic carbocycles. The molecule has 0 saturated heterocycles. The molecule has 0 aliphatic rings. The number of methoxy groups -OCH3 is 2. The van der Waals surface area contributed by atoms with Gasteiger partial charge in [-0.1, -0.05) is 0 Å². The van der Waals surface area contributed by atoms with E-state index in [2.05, 4.69) is 9.97 Å². The van der Waals surface area contributed by atoms with Gasteiger partial charge in [0.05, 0.1) is 19.9 Å². The Kier molecular flexibility index (Phi) is 3.88. The van der Waals surface area contributed by atoms with Crippen LogP contribution in [0.25, 0.3) is 11.3 Å². The molecule has 21 heavy (non-hydrogen) atoms. The van der Waals surface area contributed by atoms with E-state index in [9.17, 15) is 13.2 Å². The highest BCUT2D eigenvalue weighted by atomic mass is 19.4. The van der Waals surface area contributed by atoms with Gasteiger partial charge in [0.25, 0.3) is 0 Å². The van der Waals surface area contributed by atoms with Crippen LogP contribution in [0.5, 0.6) is 11.5 Å². The van der Waals surface area contributed by atoms with Crippen molar-refractivity contribution in [3.8, 4) is 22.8 Å². The molecule has 2 rings (SSSR count). The van der Waals surface area contributed by atoms with Crippen molar-refractivity contribution in [2.45, 2.75) is 6.18 Å². The first kappa shape index (κ1) is 14.9. The molecule has 0 radical (unpaired) electrons. The topological polar surface area (TPSA) is 70.3 Å². The van der Waals surface area contributed by atoms with Crippen molar-refractivity contribution in [2.24, 2.45) is 0 Å². The van der Waals surface area contributed by atoms with E-state index in [1.165, 1.54) is 14.2 Å². The lowest BCUT2D eigenvalue weighted by Gasteiger charge is -2.12. The molecular formula is C13H12F3N3O2. The second-order valence-corrected chi connectivity index (χ2v) is 4.06. The zero-order valence-electron chi connectivity index (χ0n) is 11.2. The Morgan fingerprint density at radius 2 is 1.76 bits per heavy atom. The Morgan fingerprint density at radius 1 is 1.05 bits per heavy atom. The van der Waals surface area contributed by atoms with E-state index in [0.717, 1.165) is 6.07 Å². The number of hydrogen-bond acceptors (Lipinski definition) is 5. The van der Waals surface area contributed by atoms with Crippen molar-refractivity contribution >= 4 is 5.95 Å². The zero-order chi connectivity index (χ0) is 15.6. The van der Waals surface area contributed by atoms with Crippen LogP contribution in [0.4, 0.5) is 19.1 Å². The number of nitrogens with two attached hydrogens (primary N) is 1. The van der Waals surface area contributed by atoms with Crippen molar-refractivity contribution in [3.63, 3.8) is 0 Å².